The Bertz CT molecular complexity index is 325. The highest BCUT2D eigenvalue weighted by Gasteiger charge is 2.34. The van der Waals surface area contributed by atoms with Gasteiger partial charge >= 0.3 is 5.97 Å². The fraction of sp³-hybridized carbons (Fsp3) is 0.833. The number of carbonyl (C=O) groups is 2. The van der Waals surface area contributed by atoms with Crippen molar-refractivity contribution in [1.82, 2.24) is 4.90 Å². The van der Waals surface area contributed by atoms with Gasteiger partial charge in [-0.3, -0.25) is 9.59 Å². The Morgan fingerprint density at radius 2 is 2.11 bits per heavy atom. The molecule has 0 spiro atoms. The van der Waals surface area contributed by atoms with Gasteiger partial charge in [0.15, 0.2) is 0 Å². The van der Waals surface area contributed by atoms with E-state index in [-0.39, 0.29) is 17.7 Å². The summed E-state index contributed by atoms with van der Waals surface area (Å²) in [5.41, 5.74) is 5.62. The Labute approximate surface area is 107 Å². The average Bonchev–Trinajstić information content (AvgIpc) is 2.25. The quantitative estimate of drug-likeness (QED) is 0.747. The summed E-state index contributed by atoms with van der Waals surface area (Å²) in [5.74, 6) is -1.06. The first-order chi connectivity index (χ1) is 8.21. The zero-order valence-electron chi connectivity index (χ0n) is 11.2. The molecule has 1 fully saturated rings. The van der Waals surface area contributed by atoms with Crippen molar-refractivity contribution in [2.24, 2.45) is 11.1 Å². The molecule has 6 heteroatoms. The van der Waals surface area contributed by atoms with Gasteiger partial charge in [0, 0.05) is 13.1 Å². The molecule has 1 saturated heterocycles. The molecule has 0 aliphatic carbocycles. The van der Waals surface area contributed by atoms with E-state index in [0.29, 0.717) is 19.7 Å². The molecule has 0 aromatic heterocycles. The van der Waals surface area contributed by atoms with Crippen LogP contribution < -0.4 is 5.73 Å². The summed E-state index contributed by atoms with van der Waals surface area (Å²) >= 11 is 0. The molecule has 104 valence electrons. The van der Waals surface area contributed by atoms with Crippen molar-refractivity contribution < 1.29 is 19.4 Å². The van der Waals surface area contributed by atoms with Crippen molar-refractivity contribution in [3.63, 3.8) is 0 Å². The third-order valence-corrected chi connectivity index (χ3v) is 3.05. The minimum atomic E-state index is -0.922. The second-order valence-corrected chi connectivity index (χ2v) is 5.72. The fourth-order valence-electron chi connectivity index (χ4n) is 1.80. The second kappa shape index (κ2) is 5.67. The van der Waals surface area contributed by atoms with Gasteiger partial charge in [-0.2, -0.15) is 0 Å². The van der Waals surface area contributed by atoms with Crippen LogP contribution in [0, 0.1) is 5.41 Å². The zero-order chi connectivity index (χ0) is 13.9. The van der Waals surface area contributed by atoms with E-state index in [1.54, 1.807) is 4.90 Å². The van der Waals surface area contributed by atoms with Crippen LogP contribution in [0.25, 0.3) is 0 Å². The van der Waals surface area contributed by atoms with Crippen LogP contribution in [0.1, 0.15) is 27.2 Å². The van der Waals surface area contributed by atoms with Gasteiger partial charge in [-0.1, -0.05) is 20.8 Å². The fourth-order valence-corrected chi connectivity index (χ4v) is 1.80. The first kappa shape index (κ1) is 14.9. The molecule has 0 aromatic carbocycles. The third-order valence-electron chi connectivity index (χ3n) is 3.05. The van der Waals surface area contributed by atoms with Gasteiger partial charge in [-0.15, -0.1) is 0 Å². The summed E-state index contributed by atoms with van der Waals surface area (Å²) in [6.45, 7) is 6.86. The number of rotatable bonds is 3. The van der Waals surface area contributed by atoms with Gasteiger partial charge in [0.2, 0.25) is 5.91 Å². The molecule has 1 aliphatic heterocycles. The number of nitrogens with two attached hydrogens (primary N) is 1. The monoisotopic (exact) mass is 258 g/mol. The van der Waals surface area contributed by atoms with Crippen LogP contribution in [0.15, 0.2) is 0 Å². The van der Waals surface area contributed by atoms with Crippen LogP contribution in [0.5, 0.6) is 0 Å². The van der Waals surface area contributed by atoms with Crippen LogP contribution in [-0.2, 0) is 14.3 Å². The lowest BCUT2D eigenvalue weighted by molar-refractivity contribution is -0.149. The van der Waals surface area contributed by atoms with E-state index in [1.165, 1.54) is 0 Å². The van der Waals surface area contributed by atoms with Gasteiger partial charge in [0.25, 0.3) is 0 Å². The molecule has 1 unspecified atom stereocenters. The Morgan fingerprint density at radius 3 is 2.61 bits per heavy atom. The van der Waals surface area contributed by atoms with E-state index < -0.39 is 18.1 Å². The number of morpholine rings is 1. The number of nitrogens with zero attached hydrogens (tertiary/aromatic N) is 1. The summed E-state index contributed by atoms with van der Waals surface area (Å²) in [4.78, 5) is 24.4. The lowest BCUT2D eigenvalue weighted by Gasteiger charge is -2.36. The van der Waals surface area contributed by atoms with E-state index in [2.05, 4.69) is 0 Å². The summed E-state index contributed by atoms with van der Waals surface area (Å²) in [6.07, 6.45) is -0.526. The standard InChI is InChI=1S/C12H22N2O4/c1-12(2,3)10(13)11(17)14-4-5-18-8(7-14)6-9(15)16/h8,10H,4-7,13H2,1-3H3,(H,15,16)/t8?,10-/m0/s1. The number of carboxylic acids is 1. The molecule has 1 amide bonds. The molecule has 1 aliphatic rings. The summed E-state index contributed by atoms with van der Waals surface area (Å²) in [5, 5.41) is 8.72. The summed E-state index contributed by atoms with van der Waals surface area (Å²) in [7, 11) is 0. The molecule has 3 N–H and O–H groups in total. The molecule has 0 saturated carbocycles. The van der Waals surface area contributed by atoms with Gasteiger partial charge in [0.05, 0.1) is 25.2 Å². The topological polar surface area (TPSA) is 92.9 Å². The zero-order valence-corrected chi connectivity index (χ0v) is 11.2. The van der Waals surface area contributed by atoms with Crippen LogP contribution >= 0.6 is 0 Å². The normalized spacial score (nSPS) is 22.7. The van der Waals surface area contributed by atoms with Crippen LogP contribution in [0.3, 0.4) is 0 Å². The number of amides is 1. The lowest BCUT2D eigenvalue weighted by atomic mass is 9.86. The Morgan fingerprint density at radius 1 is 1.50 bits per heavy atom. The van der Waals surface area contributed by atoms with E-state index >= 15 is 0 Å². The SMILES string of the molecule is CC(C)(C)[C@@H](N)C(=O)N1CCOC(CC(=O)O)C1. The number of ether oxygens (including phenoxy) is 1. The van der Waals surface area contributed by atoms with E-state index in [0.717, 1.165) is 0 Å². The smallest absolute Gasteiger partial charge is 0.306 e. The predicted octanol–water partition coefficient (Wildman–Crippen LogP) is 0.0619. The van der Waals surface area contributed by atoms with Crippen LogP contribution in [0.2, 0.25) is 0 Å². The number of carboxylic acid groups (broad SMARTS) is 1. The first-order valence-corrected chi connectivity index (χ1v) is 6.09. The Kier molecular flexibility index (Phi) is 4.70. The van der Waals surface area contributed by atoms with Crippen molar-refractivity contribution in [1.29, 1.82) is 0 Å². The Balaban J connectivity index is 2.61. The minimum absolute atomic E-state index is 0.0888. The number of aliphatic carboxylic acids is 1. The molecule has 0 bridgehead atoms. The molecular weight excluding hydrogens is 236 g/mol. The van der Waals surface area contributed by atoms with E-state index in [4.69, 9.17) is 15.6 Å². The highest BCUT2D eigenvalue weighted by atomic mass is 16.5. The molecule has 6 nitrogen and oxygen atoms in total. The summed E-state index contributed by atoms with van der Waals surface area (Å²) < 4.78 is 5.32. The molecular formula is C12H22N2O4. The molecule has 0 aromatic rings. The predicted molar refractivity (Wildman–Crippen MR) is 66.0 cm³/mol. The maximum atomic E-state index is 12.2. The summed E-state index contributed by atoms with van der Waals surface area (Å²) in [6, 6.07) is -0.582. The Hall–Kier alpha value is -1.14. The molecule has 1 rings (SSSR count). The van der Waals surface area contributed by atoms with Crippen molar-refractivity contribution in [3.8, 4) is 0 Å². The van der Waals surface area contributed by atoms with E-state index in [9.17, 15) is 9.59 Å². The van der Waals surface area contributed by atoms with Crippen molar-refractivity contribution in [2.45, 2.75) is 39.3 Å². The highest BCUT2D eigenvalue weighted by Crippen LogP contribution is 2.20. The number of hydrogen-bond acceptors (Lipinski definition) is 4. The van der Waals surface area contributed by atoms with E-state index in [1.807, 2.05) is 20.8 Å². The van der Waals surface area contributed by atoms with Crippen LogP contribution in [0.4, 0.5) is 0 Å². The molecule has 2 atom stereocenters. The van der Waals surface area contributed by atoms with Crippen molar-refractivity contribution in [2.75, 3.05) is 19.7 Å². The maximum absolute atomic E-state index is 12.2. The largest absolute Gasteiger partial charge is 0.481 e. The third kappa shape index (κ3) is 3.96. The van der Waals surface area contributed by atoms with Gasteiger partial charge in [-0.25, -0.2) is 0 Å². The van der Waals surface area contributed by atoms with Crippen molar-refractivity contribution in [3.05, 3.63) is 0 Å². The minimum Gasteiger partial charge on any atom is -0.481 e. The highest BCUT2D eigenvalue weighted by molar-refractivity contribution is 5.82. The van der Waals surface area contributed by atoms with Gasteiger partial charge in [-0.05, 0) is 5.41 Å². The van der Waals surface area contributed by atoms with Crippen molar-refractivity contribution >= 4 is 11.9 Å². The molecule has 0 radical (unpaired) electrons. The molecule has 18 heavy (non-hydrogen) atoms. The average molecular weight is 258 g/mol. The first-order valence-electron chi connectivity index (χ1n) is 6.09. The maximum Gasteiger partial charge on any atom is 0.306 e. The number of hydrogen-bond donors (Lipinski definition) is 2. The number of carbonyl (C=O) groups excluding carboxylic acids is 1. The molecule has 1 heterocycles. The van der Waals surface area contributed by atoms with Gasteiger partial charge in [0.1, 0.15) is 0 Å². The van der Waals surface area contributed by atoms with Gasteiger partial charge < -0.3 is 20.5 Å². The second-order valence-electron chi connectivity index (χ2n) is 5.72. The lowest BCUT2D eigenvalue weighted by Crippen LogP contribution is -2.55. The van der Waals surface area contributed by atoms with Crippen LogP contribution in [-0.4, -0.2) is 53.7 Å².